The summed E-state index contributed by atoms with van der Waals surface area (Å²) in [5.74, 6) is 0. The van der Waals surface area contributed by atoms with Gasteiger partial charge in [0.05, 0.1) is 6.10 Å². The molecule has 0 aromatic heterocycles. The molecule has 1 atom stereocenters. The fraction of sp³-hybridized carbons (Fsp3) is 0.385. The van der Waals surface area contributed by atoms with Crippen LogP contribution in [0.4, 0.5) is 0 Å². The maximum absolute atomic E-state index is 10.0. The summed E-state index contributed by atoms with van der Waals surface area (Å²) in [6.45, 7) is 2.75. The molecule has 0 fully saturated rings. The van der Waals surface area contributed by atoms with Gasteiger partial charge >= 0.3 is 0 Å². The van der Waals surface area contributed by atoms with Crippen molar-refractivity contribution >= 4 is 0 Å². The Morgan fingerprint density at radius 2 is 2.00 bits per heavy atom. The van der Waals surface area contributed by atoms with Gasteiger partial charge in [-0.3, -0.25) is 4.90 Å². The third-order valence-electron chi connectivity index (χ3n) is 2.76. The van der Waals surface area contributed by atoms with Crippen molar-refractivity contribution in [2.75, 3.05) is 19.6 Å². The molecule has 1 heterocycles. The van der Waals surface area contributed by atoms with E-state index >= 15 is 0 Å². The van der Waals surface area contributed by atoms with Gasteiger partial charge in [0.1, 0.15) is 0 Å². The molecule has 0 unspecified atom stereocenters. The number of hydrogen-bond donors (Lipinski definition) is 1. The molecule has 2 nitrogen and oxygen atoms in total. The van der Waals surface area contributed by atoms with Gasteiger partial charge in [-0.2, -0.15) is 0 Å². The van der Waals surface area contributed by atoms with Crippen molar-refractivity contribution in [2.24, 2.45) is 0 Å². The van der Waals surface area contributed by atoms with Gasteiger partial charge in [-0.05, 0) is 12.0 Å². The molecule has 0 spiro atoms. The summed E-state index contributed by atoms with van der Waals surface area (Å²) in [7, 11) is 0. The normalized spacial score (nSPS) is 19.0. The van der Waals surface area contributed by atoms with Crippen LogP contribution in [0.1, 0.15) is 18.1 Å². The van der Waals surface area contributed by atoms with E-state index in [0.29, 0.717) is 0 Å². The summed E-state index contributed by atoms with van der Waals surface area (Å²) in [5.41, 5.74) is 1.01. The van der Waals surface area contributed by atoms with Gasteiger partial charge in [0.15, 0.2) is 0 Å². The van der Waals surface area contributed by atoms with Crippen LogP contribution in [0, 0.1) is 0 Å². The van der Waals surface area contributed by atoms with Crippen LogP contribution < -0.4 is 0 Å². The summed E-state index contributed by atoms with van der Waals surface area (Å²) in [6.07, 6.45) is 5.10. The Morgan fingerprint density at radius 3 is 2.67 bits per heavy atom. The molecular weight excluding hydrogens is 186 g/mol. The quantitative estimate of drug-likeness (QED) is 0.759. The Morgan fingerprint density at radius 1 is 1.20 bits per heavy atom. The number of rotatable bonds is 3. The molecular formula is C13H17NO. The third kappa shape index (κ3) is 2.91. The van der Waals surface area contributed by atoms with Crippen LogP contribution >= 0.6 is 0 Å². The van der Waals surface area contributed by atoms with Gasteiger partial charge in [-0.15, -0.1) is 0 Å². The highest BCUT2D eigenvalue weighted by Gasteiger charge is 2.13. The minimum atomic E-state index is -0.363. The first-order valence-corrected chi connectivity index (χ1v) is 5.46. The van der Waals surface area contributed by atoms with Gasteiger partial charge in [0.2, 0.25) is 0 Å². The molecule has 1 aliphatic rings. The molecule has 0 amide bonds. The molecule has 1 aliphatic heterocycles. The number of benzene rings is 1. The second kappa shape index (κ2) is 5.10. The van der Waals surface area contributed by atoms with Crippen LogP contribution in [0.3, 0.4) is 0 Å². The smallest absolute Gasteiger partial charge is 0.0917 e. The average Bonchev–Trinajstić information content (AvgIpc) is 2.31. The summed E-state index contributed by atoms with van der Waals surface area (Å²) >= 11 is 0. The lowest BCUT2D eigenvalue weighted by molar-refractivity contribution is 0.118. The van der Waals surface area contributed by atoms with Crippen molar-refractivity contribution in [1.29, 1.82) is 0 Å². The van der Waals surface area contributed by atoms with E-state index in [1.54, 1.807) is 0 Å². The predicted octanol–water partition coefficient (Wildman–Crippen LogP) is 1.98. The SMILES string of the molecule is O[C@H](CN1CC=CCC1)c1ccccc1. The fourth-order valence-corrected chi connectivity index (χ4v) is 1.88. The minimum absolute atomic E-state index is 0.363. The number of aliphatic hydroxyl groups excluding tert-OH is 1. The Kier molecular flexibility index (Phi) is 3.54. The van der Waals surface area contributed by atoms with Crippen molar-refractivity contribution < 1.29 is 5.11 Å². The molecule has 0 saturated carbocycles. The highest BCUT2D eigenvalue weighted by molar-refractivity contribution is 5.17. The Bertz CT molecular complexity index is 321. The minimum Gasteiger partial charge on any atom is -0.387 e. The van der Waals surface area contributed by atoms with Gasteiger partial charge in [0.25, 0.3) is 0 Å². The van der Waals surface area contributed by atoms with E-state index in [0.717, 1.165) is 31.6 Å². The molecule has 0 saturated heterocycles. The van der Waals surface area contributed by atoms with Crippen LogP contribution in [-0.4, -0.2) is 29.6 Å². The first-order chi connectivity index (χ1) is 7.36. The molecule has 0 aliphatic carbocycles. The van der Waals surface area contributed by atoms with Crippen LogP contribution in [0.2, 0.25) is 0 Å². The topological polar surface area (TPSA) is 23.5 Å². The molecule has 2 rings (SSSR count). The van der Waals surface area contributed by atoms with E-state index in [2.05, 4.69) is 17.1 Å². The zero-order valence-electron chi connectivity index (χ0n) is 8.84. The second-order valence-corrected chi connectivity index (χ2v) is 3.95. The highest BCUT2D eigenvalue weighted by Crippen LogP contribution is 2.14. The van der Waals surface area contributed by atoms with E-state index in [1.165, 1.54) is 0 Å². The number of nitrogens with zero attached hydrogens (tertiary/aromatic N) is 1. The Balaban J connectivity index is 1.92. The summed E-state index contributed by atoms with van der Waals surface area (Å²) in [5, 5.41) is 10.0. The molecule has 0 radical (unpaired) electrons. The van der Waals surface area contributed by atoms with Crippen LogP contribution in [0.15, 0.2) is 42.5 Å². The molecule has 0 bridgehead atoms. The fourth-order valence-electron chi connectivity index (χ4n) is 1.88. The molecule has 1 aromatic rings. The molecule has 1 N–H and O–H groups in total. The maximum atomic E-state index is 10.0. The summed E-state index contributed by atoms with van der Waals surface area (Å²) in [4.78, 5) is 2.28. The third-order valence-corrected chi connectivity index (χ3v) is 2.76. The first-order valence-electron chi connectivity index (χ1n) is 5.46. The predicted molar refractivity (Wildman–Crippen MR) is 61.6 cm³/mol. The highest BCUT2D eigenvalue weighted by atomic mass is 16.3. The molecule has 15 heavy (non-hydrogen) atoms. The first kappa shape index (κ1) is 10.4. The zero-order chi connectivity index (χ0) is 10.5. The lowest BCUT2D eigenvalue weighted by atomic mass is 10.1. The standard InChI is InChI=1S/C13H17NO/c15-13(12-7-3-1-4-8-12)11-14-9-5-2-6-10-14/h1-5,7-8,13,15H,6,9-11H2/t13-/m1/s1. The largest absolute Gasteiger partial charge is 0.387 e. The van der Waals surface area contributed by atoms with Crippen molar-refractivity contribution in [1.82, 2.24) is 4.90 Å². The average molecular weight is 203 g/mol. The van der Waals surface area contributed by atoms with E-state index in [1.807, 2.05) is 30.3 Å². The van der Waals surface area contributed by atoms with E-state index < -0.39 is 0 Å². The van der Waals surface area contributed by atoms with E-state index in [9.17, 15) is 5.11 Å². The Hall–Kier alpha value is -1.12. The van der Waals surface area contributed by atoms with Crippen LogP contribution in [-0.2, 0) is 0 Å². The van der Waals surface area contributed by atoms with Crippen LogP contribution in [0.25, 0.3) is 0 Å². The molecule has 1 aromatic carbocycles. The van der Waals surface area contributed by atoms with Crippen molar-refractivity contribution in [3.05, 3.63) is 48.0 Å². The van der Waals surface area contributed by atoms with Crippen LogP contribution in [0.5, 0.6) is 0 Å². The maximum Gasteiger partial charge on any atom is 0.0917 e. The zero-order valence-corrected chi connectivity index (χ0v) is 8.84. The Labute approximate surface area is 90.8 Å². The van der Waals surface area contributed by atoms with E-state index in [-0.39, 0.29) is 6.10 Å². The van der Waals surface area contributed by atoms with Crippen molar-refractivity contribution in [3.63, 3.8) is 0 Å². The van der Waals surface area contributed by atoms with E-state index in [4.69, 9.17) is 0 Å². The van der Waals surface area contributed by atoms with Gasteiger partial charge < -0.3 is 5.11 Å². The molecule has 2 heteroatoms. The summed E-state index contributed by atoms with van der Waals surface area (Å²) in [6, 6.07) is 9.86. The second-order valence-electron chi connectivity index (χ2n) is 3.95. The van der Waals surface area contributed by atoms with Crippen molar-refractivity contribution in [2.45, 2.75) is 12.5 Å². The monoisotopic (exact) mass is 203 g/mol. The van der Waals surface area contributed by atoms with Crippen molar-refractivity contribution in [3.8, 4) is 0 Å². The molecule has 80 valence electrons. The lowest BCUT2D eigenvalue weighted by Crippen LogP contribution is -2.31. The number of hydrogen-bond acceptors (Lipinski definition) is 2. The number of aliphatic hydroxyl groups is 1. The van der Waals surface area contributed by atoms with Gasteiger partial charge in [-0.25, -0.2) is 0 Å². The number of β-amino-alcohol motifs (C(OH)–C–C–N with tert-alkyl or cyclic N) is 1. The lowest BCUT2D eigenvalue weighted by Gasteiger charge is -2.25. The summed E-state index contributed by atoms with van der Waals surface area (Å²) < 4.78 is 0. The van der Waals surface area contributed by atoms with Gasteiger partial charge in [0, 0.05) is 19.6 Å². The van der Waals surface area contributed by atoms with Gasteiger partial charge in [-0.1, -0.05) is 42.5 Å².